The van der Waals surface area contributed by atoms with Gasteiger partial charge in [-0.3, -0.25) is 4.79 Å². The normalized spacial score (nSPS) is 11.7. The van der Waals surface area contributed by atoms with Crippen molar-refractivity contribution in [1.82, 2.24) is 5.32 Å². The molecular weight excluding hydrogens is 382 g/mol. The largest absolute Gasteiger partial charge is 0.497 e. The number of nitrogens with one attached hydrogen (secondary N) is 1. The molecule has 4 aromatic carbocycles. The third-order valence-corrected chi connectivity index (χ3v) is 5.40. The predicted molar refractivity (Wildman–Crippen MR) is 124 cm³/mol. The van der Waals surface area contributed by atoms with Crippen LogP contribution in [0.5, 0.6) is 5.75 Å². The van der Waals surface area contributed by atoms with Gasteiger partial charge in [0.2, 0.25) is 5.91 Å². The maximum Gasteiger partial charge on any atom is 0.232 e. The average molecular weight is 408 g/mol. The zero-order valence-electron chi connectivity index (χ0n) is 17.4. The van der Waals surface area contributed by atoms with Crippen LogP contribution >= 0.6 is 0 Å². The van der Waals surface area contributed by atoms with Crippen molar-refractivity contribution >= 4 is 5.91 Å². The summed E-state index contributed by atoms with van der Waals surface area (Å²) >= 11 is 0. The predicted octanol–water partition coefficient (Wildman–Crippen LogP) is 5.73. The summed E-state index contributed by atoms with van der Waals surface area (Å²) in [7, 11) is 1.65. The molecule has 0 aliphatic carbocycles. The summed E-state index contributed by atoms with van der Waals surface area (Å²) in [4.78, 5) is 13.7. The summed E-state index contributed by atoms with van der Waals surface area (Å²) < 4.78 is 5.30. The molecule has 154 valence electrons. The maximum absolute atomic E-state index is 13.7. The zero-order chi connectivity index (χ0) is 21.5. The van der Waals surface area contributed by atoms with Crippen LogP contribution in [-0.2, 0) is 4.79 Å². The molecule has 4 aromatic rings. The molecule has 1 N–H and O–H groups in total. The minimum Gasteiger partial charge on any atom is -0.497 e. The van der Waals surface area contributed by atoms with E-state index in [1.807, 2.05) is 115 Å². The van der Waals surface area contributed by atoms with E-state index in [1.54, 1.807) is 7.11 Å². The van der Waals surface area contributed by atoms with E-state index in [0.717, 1.165) is 28.0 Å². The number of hydrogen-bond donors (Lipinski definition) is 1. The van der Waals surface area contributed by atoms with Crippen LogP contribution in [0.25, 0.3) is 0 Å². The highest BCUT2D eigenvalue weighted by atomic mass is 16.5. The van der Waals surface area contributed by atoms with E-state index < -0.39 is 5.92 Å². The Hall–Kier alpha value is -3.85. The Balaban J connectivity index is 1.71. The lowest BCUT2D eigenvalue weighted by molar-refractivity contribution is -0.122. The van der Waals surface area contributed by atoms with Crippen molar-refractivity contribution < 1.29 is 9.53 Å². The first kappa shape index (κ1) is 20.4. The van der Waals surface area contributed by atoms with Crippen LogP contribution in [0.3, 0.4) is 0 Å². The van der Waals surface area contributed by atoms with Crippen molar-refractivity contribution in [3.63, 3.8) is 0 Å². The lowest BCUT2D eigenvalue weighted by Crippen LogP contribution is -2.34. The summed E-state index contributed by atoms with van der Waals surface area (Å²) in [5.74, 6) is 0.349. The van der Waals surface area contributed by atoms with Crippen molar-refractivity contribution in [3.05, 3.63) is 138 Å². The van der Waals surface area contributed by atoms with Crippen molar-refractivity contribution in [3.8, 4) is 5.75 Å². The fourth-order valence-electron chi connectivity index (χ4n) is 3.81. The summed E-state index contributed by atoms with van der Waals surface area (Å²) in [6, 6.07) is 37.4. The molecule has 0 radical (unpaired) electrons. The number of methoxy groups -OCH3 is 1. The van der Waals surface area contributed by atoms with Gasteiger partial charge in [-0.1, -0.05) is 103 Å². The van der Waals surface area contributed by atoms with Crippen LogP contribution < -0.4 is 10.1 Å². The molecule has 0 heterocycles. The molecule has 1 amide bonds. The van der Waals surface area contributed by atoms with Gasteiger partial charge in [-0.15, -0.1) is 0 Å². The fourth-order valence-corrected chi connectivity index (χ4v) is 3.81. The molecule has 1 atom stereocenters. The Bertz CT molecular complexity index is 1050. The highest BCUT2D eigenvalue weighted by Gasteiger charge is 2.26. The third kappa shape index (κ3) is 4.84. The van der Waals surface area contributed by atoms with Crippen molar-refractivity contribution in [2.75, 3.05) is 7.11 Å². The van der Waals surface area contributed by atoms with E-state index in [4.69, 9.17) is 4.74 Å². The Morgan fingerprint density at radius 1 is 0.613 bits per heavy atom. The molecule has 3 heteroatoms. The summed E-state index contributed by atoms with van der Waals surface area (Å²) in [5, 5.41) is 3.30. The highest BCUT2D eigenvalue weighted by Crippen LogP contribution is 2.29. The second kappa shape index (κ2) is 9.77. The number of hydrogen-bond acceptors (Lipinski definition) is 2. The molecule has 0 aromatic heterocycles. The van der Waals surface area contributed by atoms with Crippen molar-refractivity contribution in [1.29, 1.82) is 0 Å². The summed E-state index contributed by atoms with van der Waals surface area (Å²) in [6.45, 7) is 0. The quantitative estimate of drug-likeness (QED) is 0.425. The monoisotopic (exact) mass is 407 g/mol. The molecule has 4 rings (SSSR count). The van der Waals surface area contributed by atoms with E-state index >= 15 is 0 Å². The summed E-state index contributed by atoms with van der Waals surface area (Å²) in [6.07, 6.45) is 0. The van der Waals surface area contributed by atoms with Gasteiger partial charge in [-0.05, 0) is 34.4 Å². The molecule has 0 aliphatic heterocycles. The molecule has 0 spiro atoms. The molecule has 0 saturated heterocycles. The van der Waals surface area contributed by atoms with Crippen LogP contribution in [-0.4, -0.2) is 13.0 Å². The van der Waals surface area contributed by atoms with Crippen LogP contribution in [0.4, 0.5) is 0 Å². The number of rotatable bonds is 7. The highest BCUT2D eigenvalue weighted by molar-refractivity contribution is 5.87. The lowest BCUT2D eigenvalue weighted by Gasteiger charge is -2.24. The Labute approximate surface area is 183 Å². The molecule has 3 nitrogen and oxygen atoms in total. The number of amides is 1. The second-order valence-electron chi connectivity index (χ2n) is 7.38. The van der Waals surface area contributed by atoms with E-state index in [2.05, 4.69) is 5.32 Å². The van der Waals surface area contributed by atoms with Crippen molar-refractivity contribution in [2.45, 2.75) is 12.0 Å². The molecule has 0 saturated carbocycles. The fraction of sp³-hybridized carbons (Fsp3) is 0.107. The van der Waals surface area contributed by atoms with Crippen LogP contribution in [0.1, 0.15) is 34.2 Å². The van der Waals surface area contributed by atoms with Gasteiger partial charge < -0.3 is 10.1 Å². The number of ether oxygens (including phenoxy) is 1. The third-order valence-electron chi connectivity index (χ3n) is 5.40. The van der Waals surface area contributed by atoms with Gasteiger partial charge in [0.25, 0.3) is 0 Å². The maximum atomic E-state index is 13.7. The number of benzene rings is 4. The molecule has 0 unspecified atom stereocenters. The van der Waals surface area contributed by atoms with E-state index in [9.17, 15) is 4.79 Å². The number of carbonyl (C=O) groups excluding carboxylic acids is 1. The lowest BCUT2D eigenvalue weighted by atomic mass is 9.89. The van der Waals surface area contributed by atoms with Gasteiger partial charge >= 0.3 is 0 Å². The van der Waals surface area contributed by atoms with Gasteiger partial charge in [-0.25, -0.2) is 0 Å². The SMILES string of the molecule is COc1ccc([C@@H](NC(=O)C(c2ccccc2)c2ccccc2)c2ccccc2)cc1. The van der Waals surface area contributed by atoms with Gasteiger partial charge in [0.1, 0.15) is 5.75 Å². The number of carbonyl (C=O) groups is 1. The van der Waals surface area contributed by atoms with Gasteiger partial charge in [0.05, 0.1) is 19.1 Å². The average Bonchev–Trinajstić information content (AvgIpc) is 2.85. The summed E-state index contributed by atoms with van der Waals surface area (Å²) in [5.41, 5.74) is 3.96. The topological polar surface area (TPSA) is 38.3 Å². The Morgan fingerprint density at radius 2 is 1.03 bits per heavy atom. The molecule has 31 heavy (non-hydrogen) atoms. The smallest absolute Gasteiger partial charge is 0.232 e. The van der Waals surface area contributed by atoms with Gasteiger partial charge in [-0.2, -0.15) is 0 Å². The van der Waals surface area contributed by atoms with Crippen LogP contribution in [0.15, 0.2) is 115 Å². The minimum atomic E-state index is -0.396. The Kier molecular flexibility index (Phi) is 6.44. The van der Waals surface area contributed by atoms with E-state index in [0.29, 0.717) is 0 Å². The standard InChI is InChI=1S/C28H25NO2/c1-31-25-19-17-24(18-20-25)27(23-15-9-4-10-16-23)29-28(30)26(21-11-5-2-6-12-21)22-13-7-3-8-14-22/h2-20,26-27H,1H3,(H,29,30)/t27-/m0/s1. The van der Waals surface area contributed by atoms with Gasteiger partial charge in [0, 0.05) is 0 Å². The van der Waals surface area contributed by atoms with Crippen LogP contribution in [0.2, 0.25) is 0 Å². The van der Waals surface area contributed by atoms with Crippen LogP contribution in [0, 0.1) is 0 Å². The first-order valence-electron chi connectivity index (χ1n) is 10.4. The zero-order valence-corrected chi connectivity index (χ0v) is 17.4. The first-order valence-corrected chi connectivity index (χ1v) is 10.4. The minimum absolute atomic E-state index is 0.0397. The molecule has 0 aliphatic rings. The van der Waals surface area contributed by atoms with Gasteiger partial charge in [0.15, 0.2) is 0 Å². The molecule has 0 bridgehead atoms. The molecular formula is C28H25NO2. The second-order valence-corrected chi connectivity index (χ2v) is 7.38. The molecule has 0 fully saturated rings. The van der Waals surface area contributed by atoms with E-state index in [1.165, 1.54) is 0 Å². The van der Waals surface area contributed by atoms with Crippen molar-refractivity contribution in [2.24, 2.45) is 0 Å². The van der Waals surface area contributed by atoms with E-state index in [-0.39, 0.29) is 11.9 Å². The Morgan fingerprint density at radius 3 is 1.48 bits per heavy atom. The first-order chi connectivity index (χ1) is 15.3.